The van der Waals surface area contributed by atoms with Crippen LogP contribution in [0.25, 0.3) is 0 Å². The van der Waals surface area contributed by atoms with Gasteiger partial charge in [0.15, 0.2) is 73.0 Å². The average molecular weight is 1090 g/mol. The zero-order valence-electron chi connectivity index (χ0n) is 40.8. The van der Waals surface area contributed by atoms with Crippen molar-refractivity contribution in [1.82, 2.24) is 118 Å². The van der Waals surface area contributed by atoms with Gasteiger partial charge >= 0.3 is 72.4 Å². The largest absolute Gasteiger partial charge is 0.344 e. The lowest BCUT2D eigenvalue weighted by molar-refractivity contribution is -0.176. The van der Waals surface area contributed by atoms with Gasteiger partial charge in [0, 0.05) is 11.1 Å². The first kappa shape index (κ1) is 40.9. The third-order valence-electron chi connectivity index (χ3n) is 20.3. The highest BCUT2D eigenvalue weighted by molar-refractivity contribution is 5.99. The third-order valence-corrected chi connectivity index (χ3v) is 20.3. The predicted molar refractivity (Wildman–Crippen MR) is 242 cm³/mol. The second kappa shape index (κ2) is 11.7. The maximum Gasteiger partial charge on any atom is 0.344 e. The van der Waals surface area contributed by atoms with E-state index in [4.69, 9.17) is 0 Å². The molecule has 36 nitrogen and oxygen atoms in total. The van der Waals surface area contributed by atoms with Crippen molar-refractivity contribution in [2.45, 2.75) is 73.0 Å². The highest BCUT2D eigenvalue weighted by Gasteiger charge is 2.86. The molecule has 80 heavy (non-hydrogen) atoms. The van der Waals surface area contributed by atoms with Crippen molar-refractivity contribution in [3.63, 3.8) is 0 Å². The Hall–Kier alpha value is -10.3. The summed E-state index contributed by atoms with van der Waals surface area (Å²) in [5, 5.41) is 8.69. The van der Waals surface area contributed by atoms with Crippen LogP contribution >= 0.6 is 0 Å². The van der Waals surface area contributed by atoms with Crippen LogP contribution in [0.1, 0.15) is 11.1 Å². The first-order chi connectivity index (χ1) is 38.7. The first-order valence-corrected chi connectivity index (χ1v) is 26.0. The van der Waals surface area contributed by atoms with Gasteiger partial charge in [-0.2, -0.15) is 40.1 Å². The van der Waals surface area contributed by atoms with Gasteiger partial charge in [-0.25, -0.2) is 57.5 Å². The van der Waals surface area contributed by atoms with Gasteiger partial charge in [0.1, 0.15) is 53.3 Å². The summed E-state index contributed by atoms with van der Waals surface area (Å²) in [4.78, 5) is 210. The van der Waals surface area contributed by atoms with Crippen LogP contribution in [0, 0.1) is 0 Å². The van der Waals surface area contributed by atoms with Gasteiger partial charge in [-0.05, 0) is 0 Å². The smallest absolute Gasteiger partial charge is 0.282 e. The van der Waals surface area contributed by atoms with Gasteiger partial charge in [0.05, 0.1) is 0 Å². The maximum absolute atomic E-state index is 16.6. The van der Waals surface area contributed by atoms with Crippen molar-refractivity contribution in [2.75, 3.05) is 53.3 Å². The molecule has 24 amide bonds. The standard InChI is InChI=1S/C44H36N24O12/c69-31-45-11-49-23-27-61(33(49)71)65-29-25-53(37(65)75)15-57-41(79)59-17-55-26-30-67(39(55)77)63-28-24-51(35(63)73)13-47(31)22-21(45)46-12-50(23)34(72)62(27)66(29)38(76)54(25)16-58-42(80)60(18-56(26)40(78)68(30)64(28)36(74)52(24)14-48(22)32(46)70)44(59,20-9-5-2-6-10-20)43(57,58)19-7-3-1-4-8-19/h1-10,21-30H,11-18H2. The molecule has 18 aliphatic rings. The van der Waals surface area contributed by atoms with Gasteiger partial charge in [-0.15, -0.1) is 0 Å². The molecule has 36 heteroatoms. The van der Waals surface area contributed by atoms with E-state index < -0.39 is 199 Å². The van der Waals surface area contributed by atoms with E-state index in [1.54, 1.807) is 60.7 Å². The fourth-order valence-electron chi connectivity index (χ4n) is 17.7. The number of fused-ring (bicyclic) bond motifs is 4. The maximum atomic E-state index is 16.6. The van der Waals surface area contributed by atoms with Crippen LogP contribution in [0.4, 0.5) is 57.5 Å². The Morgan fingerprint density at radius 2 is 0.412 bits per heavy atom. The lowest BCUT2D eigenvalue weighted by Gasteiger charge is -2.53. The van der Waals surface area contributed by atoms with E-state index in [1.807, 2.05) is 0 Å². The molecule has 2 aromatic carbocycles. The molecule has 18 heterocycles. The van der Waals surface area contributed by atoms with E-state index in [9.17, 15) is 0 Å². The summed E-state index contributed by atoms with van der Waals surface area (Å²) in [6.45, 7) is -5.04. The first-order valence-electron chi connectivity index (χ1n) is 26.0. The highest BCUT2D eigenvalue weighted by Crippen LogP contribution is 2.65. The summed E-state index contributed by atoms with van der Waals surface area (Å²) in [7, 11) is 0. The highest BCUT2D eigenvalue weighted by atomic mass is 16.3. The molecule has 0 saturated carbocycles. The van der Waals surface area contributed by atoms with Crippen molar-refractivity contribution < 1.29 is 57.5 Å². The number of hydrazine groups is 4. The van der Waals surface area contributed by atoms with Crippen molar-refractivity contribution in [1.29, 1.82) is 0 Å². The number of carbonyl (C=O) groups is 12. The van der Waals surface area contributed by atoms with E-state index in [2.05, 4.69) is 0 Å². The molecule has 0 spiro atoms. The van der Waals surface area contributed by atoms with E-state index in [0.29, 0.717) is 11.1 Å². The normalized spacial score (nSPS) is 38.6. The van der Waals surface area contributed by atoms with Gasteiger partial charge in [-0.1, -0.05) is 60.7 Å². The Kier molecular flexibility index (Phi) is 6.00. The molecule has 0 aliphatic carbocycles. The molecule has 0 N–H and O–H groups in total. The van der Waals surface area contributed by atoms with Crippen molar-refractivity contribution in [3.05, 3.63) is 71.8 Å². The minimum atomic E-state index is -2.13. The summed E-state index contributed by atoms with van der Waals surface area (Å²) in [5.74, 6) is 0. The van der Waals surface area contributed by atoms with E-state index >= 15 is 57.5 Å². The van der Waals surface area contributed by atoms with Crippen molar-refractivity contribution in [2.24, 2.45) is 0 Å². The Balaban J connectivity index is 0.861. The molecule has 0 unspecified atom stereocenters. The predicted octanol–water partition coefficient (Wildman–Crippen LogP) is -2.78. The Morgan fingerprint density at radius 1 is 0.225 bits per heavy atom. The molecule has 0 bridgehead atoms. The fraction of sp³-hybridized carbons (Fsp3) is 0.455. The van der Waals surface area contributed by atoms with Crippen molar-refractivity contribution in [3.8, 4) is 0 Å². The van der Waals surface area contributed by atoms with Crippen LogP contribution in [-0.2, 0) is 11.3 Å². The van der Waals surface area contributed by atoms with Crippen LogP contribution < -0.4 is 0 Å². The monoisotopic (exact) mass is 1090 g/mol. The molecule has 18 aliphatic heterocycles. The molecule has 404 valence electrons. The number of nitrogens with zero attached hydrogens (tertiary/aromatic N) is 24. The Morgan fingerprint density at radius 3 is 0.637 bits per heavy atom. The zero-order valence-corrected chi connectivity index (χ0v) is 40.8. The number of hydrogen-bond donors (Lipinski definition) is 0. The summed E-state index contributed by atoms with van der Waals surface area (Å²) < 4.78 is 0. The molecular weight excluding hydrogens is 1060 g/mol. The molecule has 0 atom stereocenters. The van der Waals surface area contributed by atoms with Crippen LogP contribution in [0.15, 0.2) is 60.7 Å². The molecular formula is C44H36N24O12. The van der Waals surface area contributed by atoms with Crippen molar-refractivity contribution >= 4 is 72.4 Å². The SMILES string of the molecule is O=C1N2CN3C(=O)N4C5C3N3CN6C(=O)N7CN8C(=O)N9C%10C8N(CN1C7C26)C(=O)N%10N1C(=O)N2CN6C(=O)N7CN8C(=O)N4C4C8N(CN8C(=O)N(CN%10C(=O)N9C1C2%10)C6(c1ccccc1)C78c1ccccc1)C(=O)N4N5C3=O. The summed E-state index contributed by atoms with van der Waals surface area (Å²) in [5.41, 5.74) is -3.65. The number of amides is 24. The molecule has 2 aromatic rings. The number of carbonyl (C=O) groups excluding carboxylic acids is 12. The number of hydrogen-bond acceptors (Lipinski definition) is 12. The molecule has 0 aromatic heterocycles. The minimum Gasteiger partial charge on any atom is -0.282 e. The molecule has 0 radical (unpaired) electrons. The van der Waals surface area contributed by atoms with Gasteiger partial charge in [0.25, 0.3) is 0 Å². The number of urea groups is 12. The van der Waals surface area contributed by atoms with E-state index in [1.165, 1.54) is 78.4 Å². The second-order valence-electron chi connectivity index (χ2n) is 22.8. The van der Waals surface area contributed by atoms with Gasteiger partial charge in [0.2, 0.25) is 0 Å². The molecule has 18 fully saturated rings. The van der Waals surface area contributed by atoms with Crippen LogP contribution in [0.3, 0.4) is 0 Å². The lowest BCUT2D eigenvalue weighted by atomic mass is 9.79. The zero-order chi connectivity index (χ0) is 53.4. The summed E-state index contributed by atoms with van der Waals surface area (Å²) in [6, 6.07) is 7.05. The second-order valence-corrected chi connectivity index (χ2v) is 22.8. The van der Waals surface area contributed by atoms with Crippen LogP contribution in [0.5, 0.6) is 0 Å². The van der Waals surface area contributed by atoms with Gasteiger partial charge < -0.3 is 0 Å². The quantitative estimate of drug-likeness (QED) is 0.296. The summed E-state index contributed by atoms with van der Waals surface area (Å²) >= 11 is 0. The topological polar surface area (TPSA) is 283 Å². The lowest BCUT2D eigenvalue weighted by Crippen LogP contribution is -2.72. The fourth-order valence-corrected chi connectivity index (χ4v) is 17.7. The number of benzene rings is 2. The molecule has 18 saturated heterocycles. The average Bonchev–Trinajstić information content (AvgIpc) is 1.87. The number of rotatable bonds is 2. The Bertz CT molecular complexity index is 3240. The van der Waals surface area contributed by atoms with Gasteiger partial charge in [-0.3, -0.25) is 78.4 Å². The third kappa shape index (κ3) is 3.47. The Labute approximate surface area is 445 Å². The van der Waals surface area contributed by atoms with E-state index in [0.717, 1.165) is 40.1 Å². The minimum absolute atomic E-state index is 0.303. The molecule has 20 rings (SSSR count). The van der Waals surface area contributed by atoms with Crippen LogP contribution in [0.2, 0.25) is 0 Å². The summed E-state index contributed by atoms with van der Waals surface area (Å²) in [6.07, 6.45) is -14.0. The van der Waals surface area contributed by atoms with E-state index in [-0.39, 0.29) is 0 Å². The van der Waals surface area contributed by atoms with Crippen LogP contribution in [-0.4, -0.2) is 306 Å².